The van der Waals surface area contributed by atoms with Gasteiger partial charge in [0.15, 0.2) is 11.5 Å². The average molecular weight is 389 g/mol. The first-order chi connectivity index (χ1) is 13.6. The van der Waals surface area contributed by atoms with Crippen LogP contribution in [0.2, 0.25) is 0 Å². The zero-order valence-electron chi connectivity index (χ0n) is 16.1. The molecule has 1 aromatic rings. The fourth-order valence-electron chi connectivity index (χ4n) is 4.44. The zero-order valence-corrected chi connectivity index (χ0v) is 16.1. The Balaban J connectivity index is 1.43. The number of nitro groups is 1. The third-order valence-electron chi connectivity index (χ3n) is 5.99. The molecule has 0 spiro atoms. The van der Waals surface area contributed by atoms with Crippen LogP contribution in [0, 0.1) is 16.0 Å². The Morgan fingerprint density at radius 1 is 1.04 bits per heavy atom. The van der Waals surface area contributed by atoms with Crippen LogP contribution in [-0.2, 0) is 0 Å². The minimum absolute atomic E-state index is 0.0787. The molecule has 0 atom stereocenters. The molecule has 28 heavy (non-hydrogen) atoms. The monoisotopic (exact) mass is 389 g/mol. The van der Waals surface area contributed by atoms with Crippen LogP contribution in [0.15, 0.2) is 12.1 Å². The average Bonchev–Trinajstić information content (AvgIpc) is 2.73. The molecule has 1 aromatic carbocycles. The first-order valence-electron chi connectivity index (χ1n) is 10.2. The van der Waals surface area contributed by atoms with Crippen LogP contribution in [0.25, 0.3) is 0 Å². The van der Waals surface area contributed by atoms with E-state index in [1.165, 1.54) is 44.2 Å². The number of piperazine rings is 1. The molecule has 0 radical (unpaired) electrons. The summed E-state index contributed by atoms with van der Waals surface area (Å²) in [6.07, 6.45) is 6.63. The maximum absolute atomic E-state index is 13.0. The fraction of sp³-hybridized carbons (Fsp3) is 0.650. The van der Waals surface area contributed by atoms with Crippen molar-refractivity contribution in [2.45, 2.75) is 32.1 Å². The Morgan fingerprint density at radius 3 is 2.32 bits per heavy atom. The molecular formula is C20H27N3O5. The lowest BCUT2D eigenvalue weighted by Gasteiger charge is -2.37. The second kappa shape index (κ2) is 8.34. The van der Waals surface area contributed by atoms with E-state index < -0.39 is 4.92 Å². The van der Waals surface area contributed by atoms with Gasteiger partial charge in [-0.2, -0.15) is 0 Å². The molecule has 0 bridgehead atoms. The highest BCUT2D eigenvalue weighted by atomic mass is 16.6. The quantitative estimate of drug-likeness (QED) is 0.581. The lowest BCUT2D eigenvalue weighted by atomic mass is 9.89. The number of carbonyl (C=O) groups excluding carboxylic acids is 1. The van der Waals surface area contributed by atoms with Gasteiger partial charge >= 0.3 is 0 Å². The maximum atomic E-state index is 13.0. The van der Waals surface area contributed by atoms with Crippen molar-refractivity contribution < 1.29 is 19.2 Å². The van der Waals surface area contributed by atoms with Crippen molar-refractivity contribution in [2.75, 3.05) is 45.9 Å². The highest BCUT2D eigenvalue weighted by Crippen LogP contribution is 2.37. The molecule has 1 saturated carbocycles. The molecule has 1 amide bonds. The summed E-state index contributed by atoms with van der Waals surface area (Å²) in [7, 11) is 0. The van der Waals surface area contributed by atoms with Gasteiger partial charge in [0.05, 0.1) is 11.0 Å². The topological polar surface area (TPSA) is 85.1 Å². The second-order valence-electron chi connectivity index (χ2n) is 7.87. The highest BCUT2D eigenvalue weighted by molar-refractivity contribution is 5.99. The predicted octanol–water partition coefficient (Wildman–Crippen LogP) is 2.70. The van der Waals surface area contributed by atoms with Crippen LogP contribution < -0.4 is 9.47 Å². The molecule has 2 fully saturated rings. The predicted molar refractivity (Wildman–Crippen MR) is 103 cm³/mol. The number of carbonyl (C=O) groups is 1. The summed E-state index contributed by atoms with van der Waals surface area (Å²) in [6, 6.07) is 2.77. The Labute approximate surface area is 164 Å². The van der Waals surface area contributed by atoms with Crippen LogP contribution in [0.4, 0.5) is 5.69 Å². The molecule has 3 aliphatic rings. The van der Waals surface area contributed by atoms with Gasteiger partial charge in [-0.05, 0) is 18.8 Å². The van der Waals surface area contributed by atoms with E-state index in [2.05, 4.69) is 4.90 Å². The molecule has 0 N–H and O–H groups in total. The molecule has 152 valence electrons. The van der Waals surface area contributed by atoms with E-state index in [1.807, 2.05) is 0 Å². The zero-order chi connectivity index (χ0) is 19.5. The fourth-order valence-corrected chi connectivity index (χ4v) is 4.44. The third kappa shape index (κ3) is 4.06. The number of nitro benzene ring substituents is 1. The minimum atomic E-state index is -0.523. The van der Waals surface area contributed by atoms with Gasteiger partial charge in [-0.25, -0.2) is 0 Å². The van der Waals surface area contributed by atoms with Gasteiger partial charge in [-0.3, -0.25) is 19.8 Å². The van der Waals surface area contributed by atoms with Crippen molar-refractivity contribution in [3.8, 4) is 11.5 Å². The molecule has 8 nitrogen and oxygen atoms in total. The van der Waals surface area contributed by atoms with Crippen LogP contribution in [0.1, 0.15) is 42.5 Å². The molecule has 4 rings (SSSR count). The summed E-state index contributed by atoms with van der Waals surface area (Å²) >= 11 is 0. The number of ether oxygens (including phenoxy) is 2. The Bertz CT molecular complexity index is 740. The van der Waals surface area contributed by atoms with Crippen molar-refractivity contribution in [1.29, 1.82) is 0 Å². The first-order valence-corrected chi connectivity index (χ1v) is 10.2. The van der Waals surface area contributed by atoms with E-state index in [1.54, 1.807) is 4.90 Å². The summed E-state index contributed by atoms with van der Waals surface area (Å²) < 4.78 is 10.9. The van der Waals surface area contributed by atoms with Crippen LogP contribution in [-0.4, -0.2) is 66.6 Å². The summed E-state index contributed by atoms with van der Waals surface area (Å²) in [5.41, 5.74) is -0.145. The Hall–Kier alpha value is -2.35. The molecule has 0 aromatic heterocycles. The van der Waals surface area contributed by atoms with Crippen molar-refractivity contribution in [2.24, 2.45) is 5.92 Å². The molecule has 2 heterocycles. The van der Waals surface area contributed by atoms with E-state index in [-0.39, 0.29) is 17.2 Å². The molecule has 8 heteroatoms. The largest absolute Gasteiger partial charge is 0.486 e. The Kier molecular flexibility index (Phi) is 5.66. The van der Waals surface area contributed by atoms with E-state index in [4.69, 9.17) is 9.47 Å². The minimum Gasteiger partial charge on any atom is -0.486 e. The third-order valence-corrected chi connectivity index (χ3v) is 5.99. The number of benzene rings is 1. The van der Waals surface area contributed by atoms with Crippen LogP contribution in [0.5, 0.6) is 11.5 Å². The van der Waals surface area contributed by atoms with Gasteiger partial charge in [-0.1, -0.05) is 19.3 Å². The lowest BCUT2D eigenvalue weighted by molar-refractivity contribution is -0.385. The van der Waals surface area contributed by atoms with Gasteiger partial charge in [0.25, 0.3) is 11.6 Å². The number of rotatable bonds is 4. The van der Waals surface area contributed by atoms with E-state index in [9.17, 15) is 14.9 Å². The van der Waals surface area contributed by atoms with Crippen LogP contribution in [0.3, 0.4) is 0 Å². The van der Waals surface area contributed by atoms with Crippen molar-refractivity contribution in [3.05, 3.63) is 27.8 Å². The van der Waals surface area contributed by atoms with E-state index in [0.717, 1.165) is 25.6 Å². The van der Waals surface area contributed by atoms with Crippen molar-refractivity contribution >= 4 is 11.6 Å². The number of hydrogen-bond acceptors (Lipinski definition) is 6. The lowest BCUT2D eigenvalue weighted by Crippen LogP contribution is -2.50. The molecule has 1 aliphatic carbocycles. The summed E-state index contributed by atoms with van der Waals surface area (Å²) in [5.74, 6) is 1.19. The normalized spacial score (nSPS) is 20.8. The van der Waals surface area contributed by atoms with Gasteiger partial charge < -0.3 is 14.4 Å². The molecule has 2 aliphatic heterocycles. The van der Waals surface area contributed by atoms with E-state index in [0.29, 0.717) is 37.8 Å². The molecular weight excluding hydrogens is 362 g/mol. The number of amides is 1. The number of fused-ring (bicyclic) bond motifs is 1. The van der Waals surface area contributed by atoms with Crippen LogP contribution >= 0.6 is 0 Å². The van der Waals surface area contributed by atoms with Gasteiger partial charge in [0.1, 0.15) is 18.8 Å². The molecule has 0 unspecified atom stereocenters. The highest BCUT2D eigenvalue weighted by Gasteiger charge is 2.31. The number of nitrogens with zero attached hydrogens (tertiary/aromatic N) is 3. The summed E-state index contributed by atoms with van der Waals surface area (Å²) in [4.78, 5) is 28.1. The SMILES string of the molecule is O=C(c1cc2c(cc1[N+](=O)[O-])OCCO2)N1CCN(CC2CCCCC2)CC1. The van der Waals surface area contributed by atoms with Gasteiger partial charge in [0.2, 0.25) is 0 Å². The number of hydrogen-bond donors (Lipinski definition) is 0. The van der Waals surface area contributed by atoms with E-state index >= 15 is 0 Å². The summed E-state index contributed by atoms with van der Waals surface area (Å²) in [5, 5.41) is 11.5. The van der Waals surface area contributed by atoms with Crippen molar-refractivity contribution in [3.63, 3.8) is 0 Å². The first kappa shape index (κ1) is 19.0. The standard InChI is InChI=1S/C20H27N3O5/c24-20(16-12-18-19(28-11-10-27-18)13-17(16)23(25)26)22-8-6-21(7-9-22)14-15-4-2-1-3-5-15/h12-13,15H,1-11,14H2. The smallest absolute Gasteiger partial charge is 0.286 e. The second-order valence-corrected chi connectivity index (χ2v) is 7.87. The maximum Gasteiger partial charge on any atom is 0.286 e. The van der Waals surface area contributed by atoms with Crippen molar-refractivity contribution in [1.82, 2.24) is 9.80 Å². The Morgan fingerprint density at radius 2 is 1.68 bits per heavy atom. The molecule has 1 saturated heterocycles. The van der Waals surface area contributed by atoms with Gasteiger partial charge in [-0.15, -0.1) is 0 Å². The summed E-state index contributed by atoms with van der Waals surface area (Å²) in [6.45, 7) is 4.65. The van der Waals surface area contributed by atoms with Gasteiger partial charge in [0, 0.05) is 38.8 Å².